The van der Waals surface area contributed by atoms with Crippen molar-refractivity contribution in [2.75, 3.05) is 5.32 Å². The largest absolute Gasteiger partial charge is 0.332 e. The van der Waals surface area contributed by atoms with E-state index in [2.05, 4.69) is 29.7 Å². The maximum atomic E-state index is 13.0. The Labute approximate surface area is 204 Å². The first kappa shape index (κ1) is 21.2. The van der Waals surface area contributed by atoms with Crippen molar-refractivity contribution >= 4 is 50.5 Å². The van der Waals surface area contributed by atoms with E-state index in [9.17, 15) is 4.79 Å². The number of amides is 1. The summed E-state index contributed by atoms with van der Waals surface area (Å²) < 4.78 is 1.18. The lowest BCUT2D eigenvalue weighted by Crippen LogP contribution is -2.48. The van der Waals surface area contributed by atoms with Crippen LogP contribution in [0, 0.1) is 30.1 Å². The molecule has 0 saturated heterocycles. The van der Waals surface area contributed by atoms with Crippen LogP contribution in [0.3, 0.4) is 0 Å². The minimum atomic E-state index is 0.0643. The number of carbonyl (C=O) groups is 1. The monoisotopic (exact) mass is 475 g/mol. The standard InChI is InChI=1S/C27H29N3OS2/c1-16-20(25-28-22-6-2-3-8-23(22)33-25)5-4-7-21(16)29-26(32)30-24(31)15-27-12-17-9-18(13-27)11-19(10-17)14-27/h2-8,17-19H,9-15H2,1H3,(H2,29,30,31,32). The molecule has 0 radical (unpaired) electrons. The smallest absolute Gasteiger partial charge is 0.226 e. The summed E-state index contributed by atoms with van der Waals surface area (Å²) in [5.41, 5.74) is 4.31. The van der Waals surface area contributed by atoms with E-state index in [1.54, 1.807) is 11.3 Å². The predicted molar refractivity (Wildman–Crippen MR) is 139 cm³/mol. The highest BCUT2D eigenvalue weighted by atomic mass is 32.1. The molecule has 0 aliphatic heterocycles. The van der Waals surface area contributed by atoms with Crippen molar-refractivity contribution in [3.05, 3.63) is 48.0 Å². The summed E-state index contributed by atoms with van der Waals surface area (Å²) in [6.45, 7) is 2.07. The van der Waals surface area contributed by atoms with Gasteiger partial charge in [-0.3, -0.25) is 4.79 Å². The van der Waals surface area contributed by atoms with Crippen molar-refractivity contribution in [2.45, 2.75) is 51.9 Å². The topological polar surface area (TPSA) is 54.0 Å². The van der Waals surface area contributed by atoms with Crippen LogP contribution in [0.25, 0.3) is 20.8 Å². The second-order valence-electron chi connectivity index (χ2n) is 10.6. The molecule has 4 fully saturated rings. The van der Waals surface area contributed by atoms with Gasteiger partial charge in [0.05, 0.1) is 10.2 Å². The number of anilines is 1. The first-order valence-electron chi connectivity index (χ1n) is 12.0. The van der Waals surface area contributed by atoms with Gasteiger partial charge in [-0.25, -0.2) is 4.98 Å². The number of nitrogens with one attached hydrogen (secondary N) is 2. The second-order valence-corrected chi connectivity index (χ2v) is 12.0. The van der Waals surface area contributed by atoms with Crippen molar-refractivity contribution in [1.82, 2.24) is 10.3 Å². The number of thiazole rings is 1. The zero-order valence-electron chi connectivity index (χ0n) is 18.9. The Morgan fingerprint density at radius 1 is 1.06 bits per heavy atom. The van der Waals surface area contributed by atoms with Crippen LogP contribution in [0.2, 0.25) is 0 Å². The van der Waals surface area contributed by atoms with Crippen molar-refractivity contribution in [3.63, 3.8) is 0 Å². The normalized spacial score (nSPS) is 27.6. The van der Waals surface area contributed by atoms with E-state index >= 15 is 0 Å². The lowest BCUT2D eigenvalue weighted by molar-refractivity contribution is -0.127. The van der Waals surface area contributed by atoms with E-state index < -0.39 is 0 Å². The fraction of sp³-hybridized carbons (Fsp3) is 0.444. The number of benzene rings is 2. The Morgan fingerprint density at radius 3 is 2.45 bits per heavy atom. The lowest BCUT2D eigenvalue weighted by Gasteiger charge is -2.56. The van der Waals surface area contributed by atoms with Gasteiger partial charge in [0, 0.05) is 17.7 Å². The molecule has 2 aromatic carbocycles. The van der Waals surface area contributed by atoms with Crippen LogP contribution in [-0.4, -0.2) is 16.0 Å². The van der Waals surface area contributed by atoms with Gasteiger partial charge < -0.3 is 10.6 Å². The van der Waals surface area contributed by atoms with E-state index in [0.717, 1.165) is 45.1 Å². The molecule has 4 saturated carbocycles. The van der Waals surface area contributed by atoms with Crippen molar-refractivity contribution in [3.8, 4) is 10.6 Å². The Hall–Kier alpha value is -2.31. The lowest BCUT2D eigenvalue weighted by atomic mass is 9.49. The van der Waals surface area contributed by atoms with Crippen molar-refractivity contribution in [2.24, 2.45) is 23.2 Å². The summed E-state index contributed by atoms with van der Waals surface area (Å²) in [5.74, 6) is 2.61. The maximum Gasteiger partial charge on any atom is 0.226 e. The van der Waals surface area contributed by atoms with Gasteiger partial charge in [0.15, 0.2) is 5.11 Å². The summed E-state index contributed by atoms with van der Waals surface area (Å²) in [7, 11) is 0. The van der Waals surface area contributed by atoms with Gasteiger partial charge in [-0.1, -0.05) is 24.3 Å². The second kappa shape index (κ2) is 8.17. The highest BCUT2D eigenvalue weighted by Crippen LogP contribution is 2.61. The summed E-state index contributed by atoms with van der Waals surface area (Å²) in [5, 5.41) is 7.63. The first-order chi connectivity index (χ1) is 16.0. The first-order valence-corrected chi connectivity index (χ1v) is 13.3. The molecule has 7 rings (SSSR count). The van der Waals surface area contributed by atoms with Crippen LogP contribution in [-0.2, 0) is 4.79 Å². The molecule has 170 valence electrons. The third kappa shape index (κ3) is 4.08. The van der Waals surface area contributed by atoms with E-state index in [4.69, 9.17) is 17.2 Å². The highest BCUT2D eigenvalue weighted by molar-refractivity contribution is 7.80. The Kier molecular flexibility index (Phi) is 5.26. The van der Waals surface area contributed by atoms with Crippen LogP contribution in [0.1, 0.15) is 50.5 Å². The Morgan fingerprint density at radius 2 is 1.76 bits per heavy atom. The number of hydrogen-bond donors (Lipinski definition) is 2. The summed E-state index contributed by atoms with van der Waals surface area (Å²) >= 11 is 7.23. The van der Waals surface area contributed by atoms with Crippen LogP contribution >= 0.6 is 23.6 Å². The molecule has 4 aliphatic rings. The Balaban J connectivity index is 1.14. The Bertz CT molecular complexity index is 1180. The molecule has 4 bridgehead atoms. The molecule has 0 atom stereocenters. The predicted octanol–water partition coefficient (Wildman–Crippen LogP) is 6.69. The third-order valence-corrected chi connectivity index (χ3v) is 9.33. The molecule has 1 heterocycles. The molecule has 6 heteroatoms. The maximum absolute atomic E-state index is 13.0. The van der Waals surface area contributed by atoms with Crippen molar-refractivity contribution in [1.29, 1.82) is 0 Å². The number of fused-ring (bicyclic) bond motifs is 1. The van der Waals surface area contributed by atoms with Gasteiger partial charge >= 0.3 is 0 Å². The van der Waals surface area contributed by atoms with E-state index in [1.807, 2.05) is 30.3 Å². The van der Waals surface area contributed by atoms with Gasteiger partial charge in [-0.2, -0.15) is 0 Å². The van der Waals surface area contributed by atoms with Gasteiger partial charge in [-0.05, 0) is 105 Å². The average molecular weight is 476 g/mol. The molecule has 0 unspecified atom stereocenters. The molecule has 1 amide bonds. The number of aromatic nitrogens is 1. The van der Waals surface area contributed by atoms with E-state index in [0.29, 0.717) is 11.5 Å². The third-order valence-electron chi connectivity index (χ3n) is 8.06. The molecule has 4 aliphatic carbocycles. The zero-order chi connectivity index (χ0) is 22.6. The fourth-order valence-corrected chi connectivity index (χ4v) is 8.43. The minimum absolute atomic E-state index is 0.0643. The van der Waals surface area contributed by atoms with E-state index in [-0.39, 0.29) is 11.3 Å². The number of thiocarbonyl (C=S) groups is 1. The van der Waals surface area contributed by atoms with Crippen LogP contribution < -0.4 is 10.6 Å². The molecule has 4 nitrogen and oxygen atoms in total. The molecule has 33 heavy (non-hydrogen) atoms. The van der Waals surface area contributed by atoms with Gasteiger partial charge in [0.2, 0.25) is 5.91 Å². The quantitative estimate of drug-likeness (QED) is 0.413. The number of hydrogen-bond acceptors (Lipinski definition) is 4. The SMILES string of the molecule is Cc1c(NC(=S)NC(=O)CC23CC4CC(CC(C4)C2)C3)cccc1-c1nc2ccccc2s1. The summed E-state index contributed by atoms with van der Waals surface area (Å²) in [6.07, 6.45) is 8.49. The number of nitrogens with zero attached hydrogens (tertiary/aromatic N) is 1. The number of carbonyl (C=O) groups excluding carboxylic acids is 1. The fourth-order valence-electron chi connectivity index (χ4n) is 7.16. The molecule has 3 aromatic rings. The van der Waals surface area contributed by atoms with Crippen LogP contribution in [0.5, 0.6) is 0 Å². The van der Waals surface area contributed by atoms with Crippen LogP contribution in [0.4, 0.5) is 5.69 Å². The van der Waals surface area contributed by atoms with Gasteiger partial charge in [0.1, 0.15) is 5.01 Å². The van der Waals surface area contributed by atoms with Gasteiger partial charge in [-0.15, -0.1) is 11.3 Å². The molecule has 0 spiro atoms. The zero-order valence-corrected chi connectivity index (χ0v) is 20.5. The molecular weight excluding hydrogens is 446 g/mol. The summed E-state index contributed by atoms with van der Waals surface area (Å²) in [4.78, 5) is 17.8. The minimum Gasteiger partial charge on any atom is -0.332 e. The molecule has 2 N–H and O–H groups in total. The number of rotatable bonds is 4. The highest BCUT2D eigenvalue weighted by Gasteiger charge is 2.51. The van der Waals surface area contributed by atoms with Crippen LogP contribution in [0.15, 0.2) is 42.5 Å². The van der Waals surface area contributed by atoms with Crippen molar-refractivity contribution < 1.29 is 4.79 Å². The summed E-state index contributed by atoms with van der Waals surface area (Å²) in [6, 6.07) is 14.3. The number of para-hydroxylation sites is 1. The average Bonchev–Trinajstić information content (AvgIpc) is 3.17. The molecule has 1 aromatic heterocycles. The molecular formula is C27H29N3OS2. The van der Waals surface area contributed by atoms with Gasteiger partial charge in [0.25, 0.3) is 0 Å². The van der Waals surface area contributed by atoms with E-state index in [1.165, 1.54) is 43.2 Å².